The lowest BCUT2D eigenvalue weighted by atomic mass is 9.40. The van der Waals surface area contributed by atoms with Gasteiger partial charge in [-0.2, -0.15) is 61.5 Å². The van der Waals surface area contributed by atoms with Gasteiger partial charge in [-0.1, -0.05) is 0 Å². The molecule has 0 aliphatic heterocycles. The highest BCUT2D eigenvalue weighted by Crippen LogP contribution is 2.89. The fraction of sp³-hybridized carbons (Fsp3) is 1.00. The Hall–Kier alpha value is -0.940. The van der Waals surface area contributed by atoms with Crippen molar-refractivity contribution in [2.75, 3.05) is 0 Å². The minimum Gasteiger partial charge on any atom is -0.280 e. The van der Waals surface area contributed by atoms with E-state index in [1.54, 1.807) is 0 Å². The van der Waals surface area contributed by atoms with Crippen LogP contribution < -0.4 is 0 Å². The molecule has 19 heteroatoms. The second-order valence-electron chi connectivity index (χ2n) is 6.65. The predicted octanol–water partition coefficient (Wildman–Crippen LogP) is 5.51. The van der Waals surface area contributed by atoms with E-state index in [2.05, 4.69) is 11.6 Å². The van der Waals surface area contributed by atoms with Gasteiger partial charge >= 0.3 is 58.1 Å². The summed E-state index contributed by atoms with van der Waals surface area (Å²) >= 11 is 3.72. The maximum atomic E-state index is 14.5. The molecule has 4 aliphatic carbocycles. The van der Waals surface area contributed by atoms with Crippen LogP contribution in [0.15, 0.2) is 0 Å². The molecule has 0 aromatic carbocycles. The predicted molar refractivity (Wildman–Crippen MR) is 55.8 cm³/mol. The van der Waals surface area contributed by atoms with E-state index < -0.39 is 63.7 Å². The van der Waals surface area contributed by atoms with Crippen LogP contribution >= 0.6 is 11.6 Å². The van der Waals surface area contributed by atoms with Crippen LogP contribution in [0.2, 0.25) is 0 Å². The highest BCUT2D eigenvalue weighted by Gasteiger charge is 3.23. The fourth-order valence-corrected chi connectivity index (χ4v) is 4.29. The summed E-state index contributed by atoms with van der Waals surface area (Å²) in [6.07, 6.45) is 0. The molecule has 0 radical (unpaired) electrons. The summed E-state index contributed by atoms with van der Waals surface area (Å²) in [6, 6.07) is 0. The van der Waals surface area contributed by atoms with Crippen LogP contribution in [0.3, 0.4) is 0 Å². The summed E-state index contributed by atoms with van der Waals surface area (Å²) in [4.78, 5) is 0. The molecule has 176 valence electrons. The summed E-state index contributed by atoms with van der Waals surface area (Å²) in [6.45, 7) is 0. The Morgan fingerprint density at radius 3 is 0.800 bits per heavy atom. The molecule has 0 unspecified atom stereocenters. The first kappa shape index (κ1) is 23.7. The lowest BCUT2D eigenvalue weighted by Gasteiger charge is -2.74. The van der Waals surface area contributed by atoms with E-state index in [0.717, 1.165) is 0 Å². The molecule has 30 heavy (non-hydrogen) atoms. The van der Waals surface area contributed by atoms with E-state index in [4.69, 9.17) is 0 Å². The number of alkyl halides is 18. The molecule has 4 rings (SSSR count). The van der Waals surface area contributed by atoms with Gasteiger partial charge < -0.3 is 0 Å². The third-order valence-corrected chi connectivity index (χ3v) is 5.57. The summed E-state index contributed by atoms with van der Waals surface area (Å²) in [5, 5.41) is 0. The largest absolute Gasteiger partial charge is 0.441 e. The number of hydrogen-bond acceptors (Lipinski definition) is 1. The van der Waals surface area contributed by atoms with E-state index >= 15 is 0 Å². The Morgan fingerprint density at radius 2 is 0.633 bits per heavy atom. The maximum Gasteiger partial charge on any atom is 0.441 e. The summed E-state index contributed by atoms with van der Waals surface area (Å²) in [5.74, 6) is -48.4. The van der Waals surface area contributed by atoms with Crippen LogP contribution in [0.1, 0.15) is 0 Å². The number of ether oxygens (including phenoxy) is 1. The molecule has 4 bridgehead atoms. The molecule has 0 aromatic heterocycles. The normalized spacial score (nSPS) is 48.6. The Labute approximate surface area is 156 Å². The topological polar surface area (TPSA) is 9.23 Å². The zero-order valence-corrected chi connectivity index (χ0v) is 13.5. The maximum absolute atomic E-state index is 14.5. The minimum atomic E-state index is -8.07. The average Bonchev–Trinajstić information content (AvgIpc) is 2.51. The first-order chi connectivity index (χ1) is 12.7. The molecule has 4 saturated carbocycles. The first-order valence-electron chi connectivity index (χ1n) is 6.81. The van der Waals surface area contributed by atoms with Crippen molar-refractivity contribution in [1.82, 2.24) is 0 Å². The molecule has 0 N–H and O–H groups in total. The van der Waals surface area contributed by atoms with Crippen molar-refractivity contribution in [3.63, 3.8) is 0 Å². The van der Waals surface area contributed by atoms with Gasteiger partial charge in [0.2, 0.25) is 0 Å². The molecule has 0 saturated heterocycles. The zero-order chi connectivity index (χ0) is 24.2. The van der Waals surface area contributed by atoms with Crippen molar-refractivity contribution < 1.29 is 79.4 Å². The zero-order valence-electron chi connectivity index (χ0n) is 12.7. The van der Waals surface area contributed by atoms with Crippen molar-refractivity contribution in [1.29, 1.82) is 0 Å². The lowest BCUT2D eigenvalue weighted by Crippen LogP contribution is -3.10. The molecular formula is C11ClF17O. The Bertz CT molecular complexity index is 700. The molecule has 0 atom stereocenters. The van der Waals surface area contributed by atoms with Crippen molar-refractivity contribution in [2.45, 2.75) is 63.7 Å². The van der Waals surface area contributed by atoms with Crippen LogP contribution in [0.4, 0.5) is 74.6 Å². The van der Waals surface area contributed by atoms with E-state index in [-0.39, 0.29) is 0 Å². The smallest absolute Gasteiger partial charge is 0.280 e. The van der Waals surface area contributed by atoms with Crippen molar-refractivity contribution >= 4 is 11.6 Å². The van der Waals surface area contributed by atoms with E-state index in [9.17, 15) is 74.6 Å². The molecule has 0 aromatic rings. The monoisotopic (exact) mass is 506 g/mol. The van der Waals surface area contributed by atoms with Gasteiger partial charge in [0.05, 0.1) is 0 Å². The summed E-state index contributed by atoms with van der Waals surface area (Å²) in [7, 11) is 0. The van der Waals surface area contributed by atoms with Crippen LogP contribution in [0, 0.1) is 0 Å². The van der Waals surface area contributed by atoms with Crippen LogP contribution in [-0.2, 0) is 4.74 Å². The standard InChI is InChI=1S/C11ClF17O/c12-11(28,29)30-4-8(22,23)1(13)5(16,17)2(14,9(4,24)25)7(20,21)3(15,6(1,18)19)10(4,26)27. The van der Waals surface area contributed by atoms with Crippen molar-refractivity contribution in [2.24, 2.45) is 0 Å². The van der Waals surface area contributed by atoms with Crippen molar-refractivity contribution in [3.8, 4) is 0 Å². The van der Waals surface area contributed by atoms with Gasteiger partial charge in [0.25, 0.3) is 5.60 Å². The number of hydrogen-bond donors (Lipinski definition) is 0. The molecule has 0 heterocycles. The first-order valence-corrected chi connectivity index (χ1v) is 7.19. The third kappa shape index (κ3) is 1.44. The third-order valence-electron chi connectivity index (χ3n) is 5.49. The van der Waals surface area contributed by atoms with Crippen LogP contribution in [0.5, 0.6) is 0 Å². The average molecular weight is 507 g/mol. The quantitative estimate of drug-likeness (QED) is 0.355. The highest BCUT2D eigenvalue weighted by molar-refractivity contribution is 6.20. The van der Waals surface area contributed by atoms with Crippen LogP contribution in [0.25, 0.3) is 0 Å². The summed E-state index contributed by atoms with van der Waals surface area (Å²) < 4.78 is 240. The fourth-order valence-electron chi connectivity index (χ4n) is 4.17. The Balaban J connectivity index is 2.71. The van der Waals surface area contributed by atoms with E-state index in [1.165, 1.54) is 0 Å². The second-order valence-corrected chi connectivity index (χ2v) is 7.09. The molecule has 4 aliphatic rings. The summed E-state index contributed by atoms with van der Waals surface area (Å²) in [5.41, 5.74) is -38.1. The Kier molecular flexibility index (Phi) is 3.72. The van der Waals surface area contributed by atoms with Gasteiger partial charge in [-0.15, -0.1) is 0 Å². The molecule has 4 fully saturated rings. The van der Waals surface area contributed by atoms with Gasteiger partial charge in [0, 0.05) is 0 Å². The minimum absolute atomic E-state index is 2.02. The van der Waals surface area contributed by atoms with Gasteiger partial charge in [-0.25, -0.2) is 13.2 Å². The molecule has 0 amide bonds. The second kappa shape index (κ2) is 4.71. The SMILES string of the molecule is FC(F)(Cl)OC12C(F)(F)C3(F)C(F)(F)C(F)(C(F)(F)C(F)(C3(F)F)C1(F)F)C2(F)F. The Morgan fingerprint density at radius 1 is 0.433 bits per heavy atom. The van der Waals surface area contributed by atoms with E-state index in [0.29, 0.717) is 0 Å². The number of rotatable bonds is 2. The molecule has 0 spiro atoms. The number of halogens is 18. The molecule has 1 nitrogen and oxygen atoms in total. The molecular weight excluding hydrogens is 507 g/mol. The van der Waals surface area contributed by atoms with Gasteiger partial charge in [0.15, 0.2) is 0 Å². The lowest BCUT2D eigenvalue weighted by molar-refractivity contribution is -0.626. The van der Waals surface area contributed by atoms with Crippen molar-refractivity contribution in [3.05, 3.63) is 0 Å². The van der Waals surface area contributed by atoms with Gasteiger partial charge in [0.1, 0.15) is 0 Å². The van der Waals surface area contributed by atoms with Gasteiger partial charge in [-0.3, -0.25) is 4.74 Å². The van der Waals surface area contributed by atoms with E-state index in [1.807, 2.05) is 4.74 Å². The van der Waals surface area contributed by atoms with Crippen LogP contribution in [-0.4, -0.2) is 63.7 Å². The highest BCUT2D eigenvalue weighted by atomic mass is 35.5. The van der Waals surface area contributed by atoms with Gasteiger partial charge in [-0.05, 0) is 11.6 Å².